The van der Waals surface area contributed by atoms with Gasteiger partial charge in [0.2, 0.25) is 0 Å². The van der Waals surface area contributed by atoms with E-state index in [1.165, 1.54) is 0 Å². The maximum atomic E-state index is 10.2. The molecular formula is C13H21N5O. The maximum absolute atomic E-state index is 10.2. The number of aliphatic hydroxyl groups excluding tert-OH is 1. The highest BCUT2D eigenvalue weighted by molar-refractivity contribution is 5.36. The van der Waals surface area contributed by atoms with E-state index in [9.17, 15) is 5.11 Å². The monoisotopic (exact) mass is 263 g/mol. The van der Waals surface area contributed by atoms with E-state index in [-0.39, 0.29) is 5.41 Å². The number of aromatic nitrogens is 4. The summed E-state index contributed by atoms with van der Waals surface area (Å²) in [6.45, 7) is 9.14. The molecule has 0 aliphatic carbocycles. The first-order valence-corrected chi connectivity index (χ1v) is 6.47. The molecule has 0 aliphatic heterocycles. The Morgan fingerprint density at radius 1 is 1.37 bits per heavy atom. The SMILES string of the molecule is C[C@H](NCC(O)c1ccc2nnnn2c1)C(C)(C)C. The molecule has 6 heteroatoms. The Labute approximate surface area is 112 Å². The fourth-order valence-corrected chi connectivity index (χ4v) is 1.67. The Morgan fingerprint density at radius 2 is 2.11 bits per heavy atom. The smallest absolute Gasteiger partial charge is 0.179 e. The zero-order valence-corrected chi connectivity index (χ0v) is 11.8. The molecule has 2 atom stereocenters. The van der Waals surface area contributed by atoms with Gasteiger partial charge in [0.25, 0.3) is 0 Å². The number of pyridine rings is 1. The summed E-state index contributed by atoms with van der Waals surface area (Å²) in [5, 5.41) is 24.8. The van der Waals surface area contributed by atoms with Crippen LogP contribution in [0.4, 0.5) is 0 Å². The van der Waals surface area contributed by atoms with Gasteiger partial charge in [0.1, 0.15) is 0 Å². The van der Waals surface area contributed by atoms with Gasteiger partial charge >= 0.3 is 0 Å². The fourth-order valence-electron chi connectivity index (χ4n) is 1.67. The van der Waals surface area contributed by atoms with Gasteiger partial charge in [-0.1, -0.05) is 26.8 Å². The molecule has 1 unspecified atom stereocenters. The van der Waals surface area contributed by atoms with E-state index in [1.54, 1.807) is 16.8 Å². The molecule has 6 nitrogen and oxygen atoms in total. The number of hydrogen-bond acceptors (Lipinski definition) is 5. The molecule has 0 saturated heterocycles. The van der Waals surface area contributed by atoms with Gasteiger partial charge in [-0.2, -0.15) is 0 Å². The third kappa shape index (κ3) is 3.27. The predicted octanol–water partition coefficient (Wildman–Crippen LogP) is 1.18. The number of aliphatic hydroxyl groups is 1. The van der Waals surface area contributed by atoms with Gasteiger partial charge in [-0.25, -0.2) is 4.52 Å². The first kappa shape index (κ1) is 13.9. The second kappa shape index (κ2) is 5.22. The third-order valence-corrected chi connectivity index (χ3v) is 3.52. The number of hydrogen-bond donors (Lipinski definition) is 2. The summed E-state index contributed by atoms with van der Waals surface area (Å²) in [4.78, 5) is 0. The minimum atomic E-state index is -0.571. The molecular weight excluding hydrogens is 242 g/mol. The molecule has 0 radical (unpaired) electrons. The van der Waals surface area contributed by atoms with Crippen molar-refractivity contribution >= 4 is 5.65 Å². The lowest BCUT2D eigenvalue weighted by Crippen LogP contribution is -2.39. The van der Waals surface area contributed by atoms with Crippen LogP contribution in [-0.4, -0.2) is 37.7 Å². The zero-order valence-electron chi connectivity index (χ0n) is 11.8. The lowest BCUT2D eigenvalue weighted by atomic mass is 9.88. The van der Waals surface area contributed by atoms with Gasteiger partial charge < -0.3 is 10.4 Å². The Morgan fingerprint density at radius 3 is 2.79 bits per heavy atom. The van der Waals surface area contributed by atoms with Crippen molar-refractivity contribution in [3.8, 4) is 0 Å². The molecule has 0 spiro atoms. The van der Waals surface area contributed by atoms with E-state index in [4.69, 9.17) is 0 Å². The van der Waals surface area contributed by atoms with E-state index in [0.29, 0.717) is 18.2 Å². The van der Waals surface area contributed by atoms with Gasteiger partial charge in [0, 0.05) is 24.3 Å². The van der Waals surface area contributed by atoms with Crippen LogP contribution in [0.1, 0.15) is 39.4 Å². The van der Waals surface area contributed by atoms with Gasteiger partial charge in [-0.05, 0) is 28.8 Å². The van der Waals surface area contributed by atoms with Crippen molar-refractivity contribution in [1.82, 2.24) is 25.4 Å². The molecule has 0 aliphatic rings. The van der Waals surface area contributed by atoms with Crippen molar-refractivity contribution in [3.63, 3.8) is 0 Å². The van der Waals surface area contributed by atoms with Gasteiger partial charge in [0.15, 0.2) is 5.65 Å². The van der Waals surface area contributed by atoms with Crippen LogP contribution in [0, 0.1) is 5.41 Å². The molecule has 0 fully saturated rings. The summed E-state index contributed by atoms with van der Waals surface area (Å²) in [5.41, 5.74) is 1.64. The Bertz CT molecular complexity index is 545. The second-order valence-corrected chi connectivity index (χ2v) is 5.96. The molecule has 0 saturated carbocycles. The molecule has 104 valence electrons. The van der Waals surface area contributed by atoms with Gasteiger partial charge in [-0.3, -0.25) is 0 Å². The molecule has 2 rings (SSSR count). The molecule has 2 aromatic heterocycles. The van der Waals surface area contributed by atoms with E-state index in [1.807, 2.05) is 6.07 Å². The maximum Gasteiger partial charge on any atom is 0.179 e. The van der Waals surface area contributed by atoms with Crippen LogP contribution >= 0.6 is 0 Å². The van der Waals surface area contributed by atoms with Crippen LogP contribution in [0.2, 0.25) is 0 Å². The van der Waals surface area contributed by atoms with E-state index in [0.717, 1.165) is 5.56 Å². The zero-order chi connectivity index (χ0) is 14.0. The summed E-state index contributed by atoms with van der Waals surface area (Å²) < 4.78 is 1.56. The number of nitrogens with one attached hydrogen (secondary N) is 1. The first-order valence-electron chi connectivity index (χ1n) is 6.47. The minimum absolute atomic E-state index is 0.166. The topological polar surface area (TPSA) is 75.3 Å². The quantitative estimate of drug-likeness (QED) is 0.866. The van der Waals surface area contributed by atoms with Crippen LogP contribution in [-0.2, 0) is 0 Å². The van der Waals surface area contributed by atoms with E-state index >= 15 is 0 Å². The normalized spacial score (nSPS) is 15.6. The van der Waals surface area contributed by atoms with Crippen LogP contribution in [0.3, 0.4) is 0 Å². The van der Waals surface area contributed by atoms with Gasteiger partial charge in [0.05, 0.1) is 6.10 Å². The molecule has 2 heterocycles. The first-order chi connectivity index (χ1) is 8.88. The molecule has 2 aromatic rings. The number of tetrazole rings is 1. The summed E-state index contributed by atoms with van der Waals surface area (Å²) in [6.07, 6.45) is 1.18. The van der Waals surface area contributed by atoms with Crippen molar-refractivity contribution in [2.75, 3.05) is 6.54 Å². The van der Waals surface area contributed by atoms with Crippen LogP contribution < -0.4 is 5.32 Å². The Hall–Kier alpha value is -1.53. The van der Waals surface area contributed by atoms with Crippen molar-refractivity contribution in [3.05, 3.63) is 23.9 Å². The molecule has 0 aromatic carbocycles. The molecule has 19 heavy (non-hydrogen) atoms. The third-order valence-electron chi connectivity index (χ3n) is 3.52. The molecule has 2 N–H and O–H groups in total. The average Bonchev–Trinajstić information content (AvgIpc) is 2.81. The van der Waals surface area contributed by atoms with Crippen molar-refractivity contribution in [2.24, 2.45) is 5.41 Å². The van der Waals surface area contributed by atoms with Crippen LogP contribution in [0.15, 0.2) is 18.3 Å². The predicted molar refractivity (Wildman–Crippen MR) is 72.7 cm³/mol. The summed E-state index contributed by atoms with van der Waals surface area (Å²) in [5.74, 6) is 0. The largest absolute Gasteiger partial charge is 0.387 e. The van der Waals surface area contributed by atoms with Crippen molar-refractivity contribution in [1.29, 1.82) is 0 Å². The molecule has 0 amide bonds. The standard InChI is InChI=1S/C13H21N5O/c1-9(13(2,3)4)14-7-11(19)10-5-6-12-15-16-17-18(12)8-10/h5-6,8-9,11,14,19H,7H2,1-4H3/t9-,11?/m0/s1. The highest BCUT2D eigenvalue weighted by Gasteiger charge is 2.20. The Balaban J connectivity index is 2.01. The fraction of sp³-hybridized carbons (Fsp3) is 0.615. The summed E-state index contributed by atoms with van der Waals surface area (Å²) in [7, 11) is 0. The lowest BCUT2D eigenvalue weighted by molar-refractivity contribution is 0.157. The number of nitrogens with zero attached hydrogens (tertiary/aromatic N) is 4. The minimum Gasteiger partial charge on any atom is -0.387 e. The van der Waals surface area contributed by atoms with Crippen LogP contribution in [0.25, 0.3) is 5.65 Å². The number of rotatable bonds is 4. The van der Waals surface area contributed by atoms with Crippen LogP contribution in [0.5, 0.6) is 0 Å². The highest BCUT2D eigenvalue weighted by Crippen LogP contribution is 2.19. The highest BCUT2D eigenvalue weighted by atomic mass is 16.3. The number of fused-ring (bicyclic) bond motifs is 1. The van der Waals surface area contributed by atoms with Gasteiger partial charge in [-0.15, -0.1) is 5.10 Å². The molecule has 0 bridgehead atoms. The summed E-state index contributed by atoms with van der Waals surface area (Å²) >= 11 is 0. The summed E-state index contributed by atoms with van der Waals surface area (Å²) in [6, 6.07) is 3.96. The second-order valence-electron chi connectivity index (χ2n) is 5.96. The Kier molecular flexibility index (Phi) is 3.82. The van der Waals surface area contributed by atoms with E-state index in [2.05, 4.69) is 48.5 Å². The van der Waals surface area contributed by atoms with Crippen molar-refractivity contribution in [2.45, 2.75) is 39.8 Å². The van der Waals surface area contributed by atoms with E-state index < -0.39 is 6.10 Å². The lowest BCUT2D eigenvalue weighted by Gasteiger charge is -2.29. The average molecular weight is 263 g/mol. The van der Waals surface area contributed by atoms with Crippen molar-refractivity contribution < 1.29 is 5.11 Å².